The molecule has 0 spiro atoms. The second kappa shape index (κ2) is 5.28. The first-order chi connectivity index (χ1) is 9.13. The van der Waals surface area contributed by atoms with Crippen molar-refractivity contribution in [1.29, 1.82) is 0 Å². The topological polar surface area (TPSA) is 12.0 Å². The first-order valence-corrected chi connectivity index (χ1v) is 7.99. The van der Waals surface area contributed by atoms with Crippen LogP contribution in [0.15, 0.2) is 18.2 Å². The maximum Gasteiger partial charge on any atom is 0.0328 e. The maximum absolute atomic E-state index is 3.95. The molecule has 1 nitrogen and oxygen atoms in total. The van der Waals surface area contributed by atoms with E-state index in [1.165, 1.54) is 37.7 Å². The lowest BCUT2D eigenvalue weighted by Gasteiger charge is -2.34. The highest BCUT2D eigenvalue weighted by Crippen LogP contribution is 2.35. The van der Waals surface area contributed by atoms with Crippen molar-refractivity contribution >= 4 is 0 Å². The molecule has 0 aliphatic heterocycles. The molecule has 0 amide bonds. The van der Waals surface area contributed by atoms with Crippen molar-refractivity contribution in [3.63, 3.8) is 0 Å². The molecule has 0 heterocycles. The summed E-state index contributed by atoms with van der Waals surface area (Å²) in [6.45, 7) is 7.04. The van der Waals surface area contributed by atoms with Crippen LogP contribution in [0.2, 0.25) is 0 Å². The fraction of sp³-hybridized carbons (Fsp3) is 0.667. The zero-order chi connectivity index (χ0) is 13.4. The number of hydrogen-bond acceptors (Lipinski definition) is 1. The minimum absolute atomic E-state index is 0.612. The van der Waals surface area contributed by atoms with E-state index in [-0.39, 0.29) is 0 Å². The second-order valence-corrected chi connectivity index (χ2v) is 6.92. The lowest BCUT2D eigenvalue weighted by molar-refractivity contribution is 0.215. The van der Waals surface area contributed by atoms with Crippen LogP contribution in [0.3, 0.4) is 0 Å². The van der Waals surface area contributed by atoms with E-state index < -0.39 is 0 Å². The van der Waals surface area contributed by atoms with Crippen molar-refractivity contribution in [2.24, 2.45) is 11.8 Å². The summed E-state index contributed by atoms with van der Waals surface area (Å²) in [6, 6.07) is 8.33. The summed E-state index contributed by atoms with van der Waals surface area (Å²) in [7, 11) is 0. The van der Waals surface area contributed by atoms with Crippen LogP contribution in [0.5, 0.6) is 0 Å². The van der Waals surface area contributed by atoms with E-state index in [4.69, 9.17) is 0 Å². The molecule has 19 heavy (non-hydrogen) atoms. The molecule has 1 aromatic carbocycles. The van der Waals surface area contributed by atoms with Crippen LogP contribution >= 0.6 is 0 Å². The molecule has 104 valence electrons. The SMILES string of the molecule is Cc1ccc2c(c1)C(NC1CCC(C)C(C)C1)CC2. The van der Waals surface area contributed by atoms with Gasteiger partial charge in [-0.3, -0.25) is 0 Å². The normalized spacial score (nSPS) is 34.3. The quantitative estimate of drug-likeness (QED) is 0.828. The summed E-state index contributed by atoms with van der Waals surface area (Å²) >= 11 is 0. The average Bonchev–Trinajstić information content (AvgIpc) is 2.77. The van der Waals surface area contributed by atoms with Crippen LogP contribution in [0.4, 0.5) is 0 Å². The minimum Gasteiger partial charge on any atom is -0.307 e. The van der Waals surface area contributed by atoms with Crippen molar-refractivity contribution in [3.05, 3.63) is 34.9 Å². The van der Waals surface area contributed by atoms with Gasteiger partial charge in [0.25, 0.3) is 0 Å². The third-order valence-corrected chi connectivity index (χ3v) is 5.41. The molecule has 2 aliphatic carbocycles. The van der Waals surface area contributed by atoms with Gasteiger partial charge < -0.3 is 5.32 Å². The number of rotatable bonds is 2. The number of nitrogens with one attached hydrogen (secondary N) is 1. The Bertz CT molecular complexity index is 451. The molecule has 0 radical (unpaired) electrons. The fourth-order valence-corrected chi connectivity index (χ4v) is 3.88. The van der Waals surface area contributed by atoms with Crippen molar-refractivity contribution in [2.75, 3.05) is 0 Å². The van der Waals surface area contributed by atoms with Gasteiger partial charge in [0.05, 0.1) is 0 Å². The average molecular weight is 257 g/mol. The van der Waals surface area contributed by atoms with E-state index in [9.17, 15) is 0 Å². The monoisotopic (exact) mass is 257 g/mol. The summed E-state index contributed by atoms with van der Waals surface area (Å²) in [5.41, 5.74) is 4.55. The van der Waals surface area contributed by atoms with Crippen LogP contribution in [-0.4, -0.2) is 6.04 Å². The third-order valence-electron chi connectivity index (χ3n) is 5.41. The first kappa shape index (κ1) is 13.2. The van der Waals surface area contributed by atoms with Crippen LogP contribution in [0.25, 0.3) is 0 Å². The first-order valence-electron chi connectivity index (χ1n) is 7.99. The summed E-state index contributed by atoms with van der Waals surface area (Å²) in [6.07, 6.45) is 6.67. The zero-order valence-corrected chi connectivity index (χ0v) is 12.6. The molecule has 1 aromatic rings. The maximum atomic E-state index is 3.95. The Hall–Kier alpha value is -0.820. The molecule has 4 unspecified atom stereocenters. The standard InChI is InChI=1S/C18H27N/c1-12-4-6-15-7-9-18(17(15)10-12)19-16-8-5-13(2)14(3)11-16/h4,6,10,13-14,16,18-19H,5,7-9,11H2,1-3H3. The largest absolute Gasteiger partial charge is 0.307 e. The van der Waals surface area contributed by atoms with Gasteiger partial charge in [0, 0.05) is 12.1 Å². The highest BCUT2D eigenvalue weighted by atomic mass is 15.0. The zero-order valence-electron chi connectivity index (χ0n) is 12.6. The van der Waals surface area contributed by atoms with E-state index in [0.717, 1.165) is 17.9 Å². The van der Waals surface area contributed by atoms with E-state index in [1.54, 1.807) is 11.1 Å². The summed E-state index contributed by atoms with van der Waals surface area (Å²) in [5.74, 6) is 1.79. The van der Waals surface area contributed by atoms with Crippen molar-refractivity contribution in [2.45, 2.75) is 65.0 Å². The smallest absolute Gasteiger partial charge is 0.0328 e. The summed E-state index contributed by atoms with van der Waals surface area (Å²) in [4.78, 5) is 0. The van der Waals surface area contributed by atoms with Crippen LogP contribution in [0.1, 0.15) is 62.3 Å². The Morgan fingerprint density at radius 3 is 2.68 bits per heavy atom. The Kier molecular flexibility index (Phi) is 3.66. The van der Waals surface area contributed by atoms with E-state index in [1.807, 2.05) is 0 Å². The summed E-state index contributed by atoms with van der Waals surface area (Å²) < 4.78 is 0. The molecule has 3 rings (SSSR count). The van der Waals surface area contributed by atoms with Gasteiger partial charge in [-0.1, -0.05) is 37.6 Å². The van der Waals surface area contributed by atoms with Gasteiger partial charge in [0.15, 0.2) is 0 Å². The predicted octanol–water partition coefficient (Wildman–Crippen LogP) is 4.40. The lowest BCUT2D eigenvalue weighted by atomic mass is 9.79. The molecular weight excluding hydrogens is 230 g/mol. The van der Waals surface area contributed by atoms with E-state index in [0.29, 0.717) is 6.04 Å². The highest BCUT2D eigenvalue weighted by Gasteiger charge is 2.29. The fourth-order valence-electron chi connectivity index (χ4n) is 3.88. The molecule has 0 aromatic heterocycles. The molecule has 1 heteroatoms. The molecule has 0 bridgehead atoms. The Morgan fingerprint density at radius 2 is 1.89 bits per heavy atom. The molecular formula is C18H27N. The Labute approximate surface area is 117 Å². The van der Waals surface area contributed by atoms with Gasteiger partial charge >= 0.3 is 0 Å². The Balaban J connectivity index is 1.68. The van der Waals surface area contributed by atoms with Gasteiger partial charge in [-0.25, -0.2) is 0 Å². The van der Waals surface area contributed by atoms with Gasteiger partial charge in [-0.2, -0.15) is 0 Å². The van der Waals surface area contributed by atoms with Gasteiger partial charge in [0.2, 0.25) is 0 Å². The van der Waals surface area contributed by atoms with Crippen molar-refractivity contribution in [1.82, 2.24) is 5.32 Å². The Morgan fingerprint density at radius 1 is 1.05 bits per heavy atom. The van der Waals surface area contributed by atoms with Crippen LogP contribution < -0.4 is 5.32 Å². The molecule has 2 aliphatic rings. The van der Waals surface area contributed by atoms with Gasteiger partial charge in [-0.05, 0) is 62.0 Å². The molecule has 0 saturated heterocycles. The van der Waals surface area contributed by atoms with Gasteiger partial charge in [0.1, 0.15) is 0 Å². The van der Waals surface area contributed by atoms with E-state index >= 15 is 0 Å². The highest BCUT2D eigenvalue weighted by molar-refractivity contribution is 5.37. The molecule has 1 N–H and O–H groups in total. The van der Waals surface area contributed by atoms with Crippen LogP contribution in [0, 0.1) is 18.8 Å². The number of aryl methyl sites for hydroxylation is 2. The number of benzene rings is 1. The molecule has 1 saturated carbocycles. The number of hydrogen-bond donors (Lipinski definition) is 1. The van der Waals surface area contributed by atoms with Gasteiger partial charge in [-0.15, -0.1) is 0 Å². The van der Waals surface area contributed by atoms with Crippen molar-refractivity contribution in [3.8, 4) is 0 Å². The lowest BCUT2D eigenvalue weighted by Crippen LogP contribution is -2.37. The minimum atomic E-state index is 0.612. The second-order valence-electron chi connectivity index (χ2n) is 6.92. The third kappa shape index (κ3) is 2.72. The van der Waals surface area contributed by atoms with Crippen LogP contribution in [-0.2, 0) is 6.42 Å². The van der Waals surface area contributed by atoms with Crippen molar-refractivity contribution < 1.29 is 0 Å². The predicted molar refractivity (Wildman–Crippen MR) is 81.3 cm³/mol. The number of fused-ring (bicyclic) bond motifs is 1. The summed E-state index contributed by atoms with van der Waals surface area (Å²) in [5, 5.41) is 3.95. The molecule has 1 fully saturated rings. The molecule has 4 atom stereocenters. The van der Waals surface area contributed by atoms with E-state index in [2.05, 4.69) is 44.3 Å².